The molecule has 5 nitrogen and oxygen atoms in total. The molecule has 0 radical (unpaired) electrons. The lowest BCUT2D eigenvalue weighted by molar-refractivity contribution is 0.185. The number of nitrogens with zero attached hydrogens (tertiary/aromatic N) is 2. The van der Waals surface area contributed by atoms with Gasteiger partial charge in [0.05, 0.1) is 11.9 Å². The van der Waals surface area contributed by atoms with Gasteiger partial charge in [0.1, 0.15) is 0 Å². The number of hydrogen-bond donors (Lipinski definition) is 1. The highest BCUT2D eigenvalue weighted by Gasteiger charge is 2.33. The van der Waals surface area contributed by atoms with Crippen molar-refractivity contribution in [1.29, 1.82) is 0 Å². The maximum absolute atomic E-state index is 12.0. The molecule has 0 aliphatic carbocycles. The van der Waals surface area contributed by atoms with Gasteiger partial charge in [-0.25, -0.2) is 8.42 Å². The average Bonchev–Trinajstić information content (AvgIpc) is 2.82. The summed E-state index contributed by atoms with van der Waals surface area (Å²) in [6.45, 7) is 8.40. The van der Waals surface area contributed by atoms with Gasteiger partial charge in [-0.15, -0.1) is 0 Å². The van der Waals surface area contributed by atoms with Crippen molar-refractivity contribution in [2.75, 3.05) is 36.7 Å². The van der Waals surface area contributed by atoms with E-state index < -0.39 is 10.0 Å². The van der Waals surface area contributed by atoms with Crippen LogP contribution in [0, 0.1) is 0 Å². The lowest BCUT2D eigenvalue weighted by atomic mass is 10.0. The fourth-order valence-corrected chi connectivity index (χ4v) is 4.93. The zero-order valence-corrected chi connectivity index (χ0v) is 14.4. The van der Waals surface area contributed by atoms with Gasteiger partial charge in [-0.1, -0.05) is 12.1 Å². The van der Waals surface area contributed by atoms with Crippen LogP contribution in [0.3, 0.4) is 0 Å². The predicted molar refractivity (Wildman–Crippen MR) is 89.8 cm³/mol. The molecule has 2 aliphatic heterocycles. The van der Waals surface area contributed by atoms with Gasteiger partial charge in [0.2, 0.25) is 10.0 Å². The molecule has 1 N–H and O–H groups in total. The molecule has 22 heavy (non-hydrogen) atoms. The van der Waals surface area contributed by atoms with Crippen molar-refractivity contribution in [3.63, 3.8) is 0 Å². The number of anilines is 1. The highest BCUT2D eigenvalue weighted by Crippen LogP contribution is 2.36. The molecule has 0 aromatic heterocycles. The molecule has 1 fully saturated rings. The van der Waals surface area contributed by atoms with Crippen molar-refractivity contribution in [3.05, 3.63) is 29.3 Å². The molecule has 3 rings (SSSR count). The lowest BCUT2D eigenvalue weighted by Crippen LogP contribution is -2.44. The Hall–Kier alpha value is -1.11. The first kappa shape index (κ1) is 15.8. The molecule has 1 aromatic carbocycles. The first-order valence-corrected chi connectivity index (χ1v) is 9.80. The van der Waals surface area contributed by atoms with Crippen molar-refractivity contribution < 1.29 is 8.42 Å². The van der Waals surface area contributed by atoms with Crippen LogP contribution in [0.15, 0.2) is 18.2 Å². The Morgan fingerprint density at radius 2 is 1.95 bits per heavy atom. The normalized spacial score (nSPS) is 24.3. The van der Waals surface area contributed by atoms with Gasteiger partial charge in [0.25, 0.3) is 0 Å². The third kappa shape index (κ3) is 2.87. The van der Waals surface area contributed by atoms with E-state index in [1.165, 1.54) is 11.8 Å². The maximum Gasteiger partial charge on any atom is 0.232 e. The van der Waals surface area contributed by atoms with E-state index in [1.54, 1.807) is 4.31 Å². The van der Waals surface area contributed by atoms with Gasteiger partial charge in [0, 0.05) is 38.3 Å². The summed E-state index contributed by atoms with van der Waals surface area (Å²) >= 11 is 0. The summed E-state index contributed by atoms with van der Waals surface area (Å²) in [4.78, 5) is 2.48. The summed E-state index contributed by atoms with van der Waals surface area (Å²) in [5.41, 5.74) is 3.28. The first-order chi connectivity index (χ1) is 10.4. The van der Waals surface area contributed by atoms with Crippen LogP contribution in [0.5, 0.6) is 0 Å². The standard InChI is InChI=1S/C16H25N3O2S/c1-12-10-15-11-14(13(2)18-8-6-17-7-9-18)4-5-16(15)19(12)22(3,20)21/h4-5,11-13,17H,6-10H2,1-3H3. The van der Waals surface area contributed by atoms with Crippen LogP contribution < -0.4 is 9.62 Å². The third-order valence-corrected chi connectivity index (χ3v) is 6.07. The minimum atomic E-state index is -3.20. The highest BCUT2D eigenvalue weighted by atomic mass is 32.2. The number of rotatable bonds is 3. The van der Waals surface area contributed by atoms with Crippen molar-refractivity contribution in [2.24, 2.45) is 0 Å². The molecule has 6 heteroatoms. The molecule has 1 aromatic rings. The molecule has 0 saturated carbocycles. The predicted octanol–water partition coefficient (Wildman–Crippen LogP) is 1.36. The molecule has 0 bridgehead atoms. The van der Waals surface area contributed by atoms with E-state index in [-0.39, 0.29) is 6.04 Å². The minimum absolute atomic E-state index is 0.00902. The zero-order valence-electron chi connectivity index (χ0n) is 13.5. The summed E-state index contributed by atoms with van der Waals surface area (Å²) in [5, 5.41) is 3.38. The Morgan fingerprint density at radius 1 is 1.27 bits per heavy atom. The number of benzene rings is 1. The summed E-state index contributed by atoms with van der Waals surface area (Å²) < 4.78 is 25.5. The van der Waals surface area contributed by atoms with Gasteiger partial charge in [-0.05, 0) is 37.5 Å². The van der Waals surface area contributed by atoms with Crippen molar-refractivity contribution in [2.45, 2.75) is 32.4 Å². The van der Waals surface area contributed by atoms with Crippen LogP contribution in [0.2, 0.25) is 0 Å². The average molecular weight is 323 g/mol. The molecule has 1 saturated heterocycles. The van der Waals surface area contributed by atoms with E-state index in [1.807, 2.05) is 13.0 Å². The molecular weight excluding hydrogens is 298 g/mol. The second-order valence-electron chi connectivity index (χ2n) is 6.46. The van der Waals surface area contributed by atoms with Crippen molar-refractivity contribution in [3.8, 4) is 0 Å². The van der Waals surface area contributed by atoms with Crippen molar-refractivity contribution in [1.82, 2.24) is 10.2 Å². The number of fused-ring (bicyclic) bond motifs is 1. The first-order valence-electron chi connectivity index (χ1n) is 7.95. The summed E-state index contributed by atoms with van der Waals surface area (Å²) in [6, 6.07) is 6.64. The fourth-order valence-electron chi connectivity index (χ4n) is 3.67. The zero-order chi connectivity index (χ0) is 15.9. The number of sulfonamides is 1. The Balaban J connectivity index is 1.88. The van der Waals surface area contributed by atoms with E-state index in [9.17, 15) is 8.42 Å². The van der Waals surface area contributed by atoms with Gasteiger partial charge >= 0.3 is 0 Å². The highest BCUT2D eigenvalue weighted by molar-refractivity contribution is 7.92. The quantitative estimate of drug-likeness (QED) is 0.913. The smallest absolute Gasteiger partial charge is 0.232 e. The van der Waals surface area contributed by atoms with Crippen LogP contribution in [-0.4, -0.2) is 51.8 Å². The number of piperazine rings is 1. The molecule has 2 atom stereocenters. The van der Waals surface area contributed by atoms with E-state index in [0.29, 0.717) is 6.04 Å². The Bertz CT molecular complexity index is 653. The maximum atomic E-state index is 12.0. The third-order valence-electron chi connectivity index (χ3n) is 4.80. The Morgan fingerprint density at radius 3 is 2.59 bits per heavy atom. The van der Waals surface area contributed by atoms with E-state index in [0.717, 1.165) is 43.9 Å². The van der Waals surface area contributed by atoms with Gasteiger partial charge in [-0.3, -0.25) is 9.21 Å². The van der Waals surface area contributed by atoms with E-state index >= 15 is 0 Å². The van der Waals surface area contributed by atoms with Crippen molar-refractivity contribution >= 4 is 15.7 Å². The SMILES string of the molecule is CC(c1ccc2c(c1)CC(C)N2S(C)(=O)=O)N1CCNCC1. The summed E-state index contributed by atoms with van der Waals surface area (Å²) in [7, 11) is -3.20. The second-order valence-corrected chi connectivity index (χ2v) is 8.32. The minimum Gasteiger partial charge on any atom is -0.314 e. The molecule has 2 aliphatic rings. The van der Waals surface area contributed by atoms with Crippen LogP contribution in [0.1, 0.15) is 31.0 Å². The number of nitrogens with one attached hydrogen (secondary N) is 1. The Kier molecular flexibility index (Phi) is 4.18. The molecule has 0 spiro atoms. The molecule has 2 unspecified atom stereocenters. The fraction of sp³-hybridized carbons (Fsp3) is 0.625. The van der Waals surface area contributed by atoms with Crippen LogP contribution in [0.25, 0.3) is 0 Å². The van der Waals surface area contributed by atoms with Crippen LogP contribution in [-0.2, 0) is 16.4 Å². The van der Waals surface area contributed by atoms with Gasteiger partial charge < -0.3 is 5.32 Å². The van der Waals surface area contributed by atoms with Gasteiger partial charge in [-0.2, -0.15) is 0 Å². The Labute approximate surface area is 133 Å². The lowest BCUT2D eigenvalue weighted by Gasteiger charge is -2.33. The van der Waals surface area contributed by atoms with Gasteiger partial charge in [0.15, 0.2) is 0 Å². The topological polar surface area (TPSA) is 52.7 Å². The van der Waals surface area contributed by atoms with Crippen LogP contribution in [0.4, 0.5) is 5.69 Å². The summed E-state index contributed by atoms with van der Waals surface area (Å²) in [5.74, 6) is 0. The largest absolute Gasteiger partial charge is 0.314 e. The second kappa shape index (κ2) is 5.83. The number of hydrogen-bond acceptors (Lipinski definition) is 4. The van der Waals surface area contributed by atoms with Crippen LogP contribution >= 0.6 is 0 Å². The molecular formula is C16H25N3O2S. The molecule has 0 amide bonds. The summed E-state index contributed by atoms with van der Waals surface area (Å²) in [6.07, 6.45) is 2.08. The van der Waals surface area contributed by atoms with E-state index in [2.05, 4.69) is 29.3 Å². The van der Waals surface area contributed by atoms with E-state index in [4.69, 9.17) is 0 Å². The molecule has 122 valence electrons. The molecule has 2 heterocycles. The monoisotopic (exact) mass is 323 g/mol.